The summed E-state index contributed by atoms with van der Waals surface area (Å²) in [6, 6.07) is 8.73. The summed E-state index contributed by atoms with van der Waals surface area (Å²) in [6.45, 7) is 8.06. The lowest BCUT2D eigenvalue weighted by atomic mass is 9.87. The maximum atomic E-state index is 10.9. The number of carbonyl (C=O) groups excluding carboxylic acids is 1. The van der Waals surface area contributed by atoms with Crippen LogP contribution in [-0.2, 0) is 23.4 Å². The SMILES string of the molecule is CN(Cc1ccc(C(C)(C)C)cc1)Cn1nc(SCC(N)=O)sc1=S. The van der Waals surface area contributed by atoms with E-state index in [4.69, 9.17) is 18.0 Å². The van der Waals surface area contributed by atoms with Gasteiger partial charge < -0.3 is 5.73 Å². The Morgan fingerprint density at radius 2 is 2.00 bits per heavy atom. The van der Waals surface area contributed by atoms with Crippen molar-refractivity contribution in [2.45, 2.75) is 43.7 Å². The van der Waals surface area contributed by atoms with E-state index < -0.39 is 0 Å². The maximum absolute atomic E-state index is 10.9. The van der Waals surface area contributed by atoms with Gasteiger partial charge in [0, 0.05) is 6.54 Å². The third-order valence-electron chi connectivity index (χ3n) is 3.57. The summed E-state index contributed by atoms with van der Waals surface area (Å²) in [5.41, 5.74) is 7.91. The Balaban J connectivity index is 1.97. The largest absolute Gasteiger partial charge is 0.369 e. The number of carbonyl (C=O) groups is 1. The number of primary amides is 1. The molecule has 0 aliphatic carbocycles. The molecular weight excluding hydrogens is 372 g/mol. The van der Waals surface area contributed by atoms with Gasteiger partial charge in [0.2, 0.25) is 5.91 Å². The Morgan fingerprint density at radius 1 is 1.36 bits per heavy atom. The highest BCUT2D eigenvalue weighted by Gasteiger charge is 2.13. The van der Waals surface area contributed by atoms with Gasteiger partial charge in [-0.05, 0) is 35.8 Å². The van der Waals surface area contributed by atoms with Crippen LogP contribution in [0.25, 0.3) is 0 Å². The number of rotatable bonds is 7. The number of aromatic nitrogens is 2. The third kappa shape index (κ3) is 6.22. The van der Waals surface area contributed by atoms with Crippen molar-refractivity contribution in [3.63, 3.8) is 0 Å². The maximum Gasteiger partial charge on any atom is 0.227 e. The van der Waals surface area contributed by atoms with Crippen LogP contribution in [0.5, 0.6) is 0 Å². The average Bonchev–Trinajstić information content (AvgIpc) is 2.85. The van der Waals surface area contributed by atoms with E-state index in [-0.39, 0.29) is 17.1 Å². The normalized spacial score (nSPS) is 11.9. The van der Waals surface area contributed by atoms with Gasteiger partial charge in [-0.25, -0.2) is 4.68 Å². The predicted octanol–water partition coefficient (Wildman–Crippen LogP) is 3.64. The van der Waals surface area contributed by atoms with Gasteiger partial charge in [-0.3, -0.25) is 9.69 Å². The standard InChI is InChI=1S/C17H24N4OS3/c1-17(2,3)13-7-5-12(6-8-13)9-20(4)11-21-16(23)25-15(19-21)24-10-14(18)22/h5-8H,9-11H2,1-4H3,(H2,18,22). The molecule has 0 atom stereocenters. The Kier molecular flexibility index (Phi) is 6.79. The van der Waals surface area contributed by atoms with Crippen molar-refractivity contribution in [2.75, 3.05) is 12.8 Å². The first-order valence-corrected chi connectivity index (χ1v) is 10.1. The van der Waals surface area contributed by atoms with Crippen molar-refractivity contribution in [3.05, 3.63) is 39.3 Å². The van der Waals surface area contributed by atoms with Gasteiger partial charge in [-0.1, -0.05) is 68.1 Å². The minimum absolute atomic E-state index is 0.164. The monoisotopic (exact) mass is 396 g/mol. The molecule has 2 aromatic rings. The van der Waals surface area contributed by atoms with E-state index in [0.29, 0.717) is 10.6 Å². The van der Waals surface area contributed by atoms with Gasteiger partial charge >= 0.3 is 0 Å². The molecule has 1 heterocycles. The van der Waals surface area contributed by atoms with Crippen molar-refractivity contribution in [1.82, 2.24) is 14.7 Å². The molecule has 0 spiro atoms. The van der Waals surface area contributed by atoms with Crippen molar-refractivity contribution in [3.8, 4) is 0 Å². The van der Waals surface area contributed by atoms with E-state index >= 15 is 0 Å². The first-order valence-electron chi connectivity index (χ1n) is 7.92. The fraction of sp³-hybridized carbons (Fsp3) is 0.471. The number of benzene rings is 1. The van der Waals surface area contributed by atoms with E-state index in [9.17, 15) is 4.79 Å². The van der Waals surface area contributed by atoms with Crippen LogP contribution in [0.15, 0.2) is 28.6 Å². The highest BCUT2D eigenvalue weighted by molar-refractivity contribution is 8.01. The van der Waals surface area contributed by atoms with E-state index in [1.54, 1.807) is 4.68 Å². The van der Waals surface area contributed by atoms with Crippen LogP contribution in [0, 0.1) is 3.95 Å². The number of amides is 1. The van der Waals surface area contributed by atoms with Gasteiger partial charge in [0.15, 0.2) is 8.29 Å². The lowest BCUT2D eigenvalue weighted by molar-refractivity contribution is -0.115. The zero-order valence-corrected chi connectivity index (χ0v) is 17.4. The van der Waals surface area contributed by atoms with E-state index in [1.807, 2.05) is 7.05 Å². The van der Waals surface area contributed by atoms with E-state index in [0.717, 1.165) is 10.9 Å². The number of hydrogen-bond donors (Lipinski definition) is 1. The fourth-order valence-corrected chi connectivity index (χ4v) is 4.33. The second kappa shape index (κ2) is 8.44. The minimum atomic E-state index is -0.353. The Bertz CT molecular complexity index is 774. The second-order valence-corrected chi connectivity index (χ2v) is 9.84. The first kappa shape index (κ1) is 20.1. The van der Waals surface area contributed by atoms with Crippen LogP contribution >= 0.6 is 35.3 Å². The zero-order valence-electron chi connectivity index (χ0n) is 15.0. The summed E-state index contributed by atoms with van der Waals surface area (Å²) in [5.74, 6) is -0.133. The average molecular weight is 397 g/mol. The summed E-state index contributed by atoms with van der Waals surface area (Å²) in [6.07, 6.45) is 0. The molecule has 25 heavy (non-hydrogen) atoms. The van der Waals surface area contributed by atoms with Crippen LogP contribution in [0.1, 0.15) is 31.9 Å². The molecule has 1 aromatic heterocycles. The molecular formula is C17H24N4OS3. The molecule has 1 amide bonds. The van der Waals surface area contributed by atoms with Crippen LogP contribution in [0.4, 0.5) is 0 Å². The summed E-state index contributed by atoms with van der Waals surface area (Å²) >= 11 is 8.09. The smallest absolute Gasteiger partial charge is 0.227 e. The zero-order chi connectivity index (χ0) is 18.6. The predicted molar refractivity (Wildman–Crippen MR) is 107 cm³/mol. The molecule has 0 bridgehead atoms. The second-order valence-electron chi connectivity index (χ2n) is 6.99. The minimum Gasteiger partial charge on any atom is -0.369 e. The number of thioether (sulfide) groups is 1. The quantitative estimate of drug-likeness (QED) is 0.572. The van der Waals surface area contributed by atoms with E-state index in [1.165, 1.54) is 34.2 Å². The highest BCUT2D eigenvalue weighted by atomic mass is 32.2. The Labute approximate surface area is 162 Å². The topological polar surface area (TPSA) is 64.2 Å². The van der Waals surface area contributed by atoms with Crippen LogP contribution in [-0.4, -0.2) is 33.4 Å². The van der Waals surface area contributed by atoms with Gasteiger partial charge in [0.1, 0.15) is 0 Å². The van der Waals surface area contributed by atoms with Crippen LogP contribution in [0.3, 0.4) is 0 Å². The lowest BCUT2D eigenvalue weighted by Gasteiger charge is -2.20. The fourth-order valence-electron chi connectivity index (χ4n) is 2.27. The van der Waals surface area contributed by atoms with Crippen molar-refractivity contribution in [2.24, 2.45) is 5.73 Å². The Morgan fingerprint density at radius 3 is 2.56 bits per heavy atom. The molecule has 0 saturated carbocycles. The summed E-state index contributed by atoms with van der Waals surface area (Å²) in [5, 5.41) is 4.45. The summed E-state index contributed by atoms with van der Waals surface area (Å²) in [7, 11) is 2.04. The van der Waals surface area contributed by atoms with Crippen LogP contribution < -0.4 is 5.73 Å². The number of nitrogens with two attached hydrogens (primary N) is 1. The van der Waals surface area contributed by atoms with Crippen LogP contribution in [0.2, 0.25) is 0 Å². The Hall–Kier alpha value is -1.22. The molecule has 2 N–H and O–H groups in total. The van der Waals surface area contributed by atoms with Crippen molar-refractivity contribution in [1.29, 1.82) is 0 Å². The highest BCUT2D eigenvalue weighted by Crippen LogP contribution is 2.23. The molecule has 136 valence electrons. The molecule has 0 unspecified atom stereocenters. The van der Waals surface area contributed by atoms with Gasteiger partial charge in [0.25, 0.3) is 0 Å². The molecule has 0 radical (unpaired) electrons. The molecule has 0 fully saturated rings. The van der Waals surface area contributed by atoms with E-state index in [2.05, 4.69) is 55.0 Å². The van der Waals surface area contributed by atoms with Gasteiger partial charge in [-0.15, -0.1) is 0 Å². The molecule has 8 heteroatoms. The summed E-state index contributed by atoms with van der Waals surface area (Å²) in [4.78, 5) is 13.0. The molecule has 0 saturated heterocycles. The van der Waals surface area contributed by atoms with Gasteiger partial charge in [0.05, 0.1) is 12.4 Å². The number of hydrogen-bond acceptors (Lipinski definition) is 6. The molecule has 1 aromatic carbocycles. The van der Waals surface area contributed by atoms with Crippen molar-refractivity contribution < 1.29 is 4.79 Å². The summed E-state index contributed by atoms with van der Waals surface area (Å²) < 4.78 is 3.25. The van der Waals surface area contributed by atoms with Crippen molar-refractivity contribution >= 4 is 41.2 Å². The molecule has 0 aliphatic heterocycles. The van der Waals surface area contributed by atoms with Gasteiger partial charge in [-0.2, -0.15) is 5.10 Å². The molecule has 5 nitrogen and oxygen atoms in total. The molecule has 2 rings (SSSR count). The first-order chi connectivity index (χ1) is 11.6. The third-order valence-corrected chi connectivity index (χ3v) is 6.04. The molecule has 0 aliphatic rings. The lowest BCUT2D eigenvalue weighted by Crippen LogP contribution is -2.22. The number of nitrogens with zero attached hydrogens (tertiary/aromatic N) is 3.